The third-order valence-electron chi connectivity index (χ3n) is 0.933. The molecule has 1 nitrogen and oxygen atoms in total. The van der Waals surface area contributed by atoms with E-state index in [9.17, 15) is 18.3 Å². The Kier molecular flexibility index (Phi) is 4.48. The number of rotatable bonds is 1. The highest BCUT2D eigenvalue weighted by molar-refractivity contribution is 4.70. The minimum atomic E-state index is -3.08. The van der Waals surface area contributed by atoms with Gasteiger partial charge in [-0.2, -0.15) is 13.2 Å². The zero-order chi connectivity index (χ0) is 7.28. The maximum atomic E-state index is 9.69. The first-order valence-corrected chi connectivity index (χ1v) is 2.58. The third-order valence-corrected chi connectivity index (χ3v) is 0.933. The quantitative estimate of drug-likeness (QED) is 0.532. The van der Waals surface area contributed by atoms with Gasteiger partial charge in [0.25, 0.3) is 0 Å². The third kappa shape index (κ3) is 11.4. The van der Waals surface area contributed by atoms with Crippen molar-refractivity contribution in [1.82, 2.24) is 0 Å². The van der Waals surface area contributed by atoms with Crippen LogP contribution in [0.15, 0.2) is 0 Å². The predicted molar refractivity (Wildman–Crippen MR) is 24.8 cm³/mol. The topological polar surface area (TPSA) is 19.9 Å². The lowest BCUT2D eigenvalue weighted by molar-refractivity contribution is 0.142. The molecule has 0 heterocycles. The molecule has 1 aliphatic carbocycles. The smallest absolute Gasteiger partial charge is 0.236 e. The van der Waals surface area contributed by atoms with E-state index in [-0.39, 0.29) is 6.61 Å². The van der Waals surface area contributed by atoms with Gasteiger partial charge in [-0.25, -0.2) is 5.11 Å². The van der Waals surface area contributed by atoms with Gasteiger partial charge in [-0.1, -0.05) is 0 Å². The molecule has 0 unspecified atom stereocenters. The van der Waals surface area contributed by atoms with E-state index in [1.807, 2.05) is 0 Å². The Morgan fingerprint density at radius 3 is 1.67 bits per heavy atom. The summed E-state index contributed by atoms with van der Waals surface area (Å²) in [6.07, 6.45) is 2.40. The van der Waals surface area contributed by atoms with Crippen molar-refractivity contribution in [3.05, 3.63) is 6.68 Å². The van der Waals surface area contributed by atoms with E-state index in [0.29, 0.717) is 5.92 Å². The number of hydrogen-bond acceptors (Lipinski definition) is 0. The highest BCUT2D eigenvalue weighted by Crippen LogP contribution is 2.27. The molecule has 0 aromatic heterocycles. The average molecular weight is 140 g/mol. The van der Waals surface area contributed by atoms with Crippen molar-refractivity contribution in [2.24, 2.45) is 5.92 Å². The molecule has 0 atom stereocenters. The Bertz CT molecular complexity index is 60.5. The summed E-state index contributed by atoms with van der Waals surface area (Å²) in [5.41, 5.74) is 0. The van der Waals surface area contributed by atoms with Crippen molar-refractivity contribution in [1.29, 1.82) is 0 Å². The molecule has 1 fully saturated rings. The molecule has 0 amide bonds. The van der Waals surface area contributed by atoms with E-state index in [4.69, 9.17) is 0 Å². The lowest BCUT2D eigenvalue weighted by Crippen LogP contribution is -1.75. The molecule has 1 saturated carbocycles. The van der Waals surface area contributed by atoms with Crippen LogP contribution in [0.2, 0.25) is 0 Å². The molecule has 0 bridgehead atoms. The lowest BCUT2D eigenvalue weighted by atomic mass is 10.5. The van der Waals surface area contributed by atoms with Gasteiger partial charge in [0.05, 0.1) is 6.61 Å². The van der Waals surface area contributed by atoms with Crippen molar-refractivity contribution in [3.8, 4) is 0 Å². The zero-order valence-electron chi connectivity index (χ0n) is 4.74. The molecule has 54 valence electrons. The van der Waals surface area contributed by atoms with E-state index >= 15 is 0 Å². The number of hydrogen-bond donors (Lipinski definition) is 0. The van der Waals surface area contributed by atoms with Crippen LogP contribution in [0.3, 0.4) is 0 Å². The summed E-state index contributed by atoms with van der Waals surface area (Å²) in [5.74, 6) is 0.579. The van der Waals surface area contributed by atoms with Gasteiger partial charge < -0.3 is 0 Å². The maximum Gasteiger partial charge on any atom is 0.487 e. The molecule has 0 spiro atoms. The molecule has 1 aliphatic rings. The predicted octanol–water partition coefficient (Wildman–Crippen LogP) is 2.17. The molecule has 0 aromatic carbocycles. The first kappa shape index (κ1) is 8.75. The van der Waals surface area contributed by atoms with Gasteiger partial charge in [0.1, 0.15) is 0 Å². The Hall–Kier alpha value is -0.250. The summed E-state index contributed by atoms with van der Waals surface area (Å²) in [7, 11) is 0. The Labute approximate surface area is 51.5 Å². The van der Waals surface area contributed by atoms with Crippen LogP contribution in [0, 0.1) is 12.6 Å². The fourth-order valence-corrected chi connectivity index (χ4v) is 0.285. The molecular weight excluding hydrogens is 133 g/mol. The van der Waals surface area contributed by atoms with E-state index in [0.717, 1.165) is 0 Å². The van der Waals surface area contributed by atoms with E-state index in [2.05, 4.69) is 0 Å². The summed E-state index contributed by atoms with van der Waals surface area (Å²) in [4.78, 5) is 0. The molecule has 0 aliphatic heterocycles. The number of halogens is 3. The van der Waals surface area contributed by atoms with Crippen LogP contribution in [0.25, 0.3) is 0 Å². The average Bonchev–Trinajstić information content (AvgIpc) is 2.43. The molecule has 2 radical (unpaired) electrons. The first-order valence-electron chi connectivity index (χ1n) is 2.58. The SMILES string of the molecule is F[C](F)F.[O]CC1CC1. The van der Waals surface area contributed by atoms with E-state index < -0.39 is 6.68 Å². The Morgan fingerprint density at radius 2 is 1.67 bits per heavy atom. The minimum Gasteiger partial charge on any atom is -0.236 e. The molecule has 0 saturated heterocycles. The van der Waals surface area contributed by atoms with Gasteiger partial charge in [-0.15, -0.1) is 0 Å². The van der Waals surface area contributed by atoms with Crippen molar-refractivity contribution in [3.63, 3.8) is 0 Å². The minimum absolute atomic E-state index is 0.167. The molecule has 1 rings (SSSR count). The van der Waals surface area contributed by atoms with Gasteiger partial charge in [0, 0.05) is 0 Å². The summed E-state index contributed by atoms with van der Waals surface area (Å²) < 4.78 is 28.8. The van der Waals surface area contributed by atoms with Crippen LogP contribution < -0.4 is 0 Å². The van der Waals surface area contributed by atoms with Gasteiger partial charge >= 0.3 is 6.68 Å². The van der Waals surface area contributed by atoms with Crippen molar-refractivity contribution >= 4 is 0 Å². The van der Waals surface area contributed by atoms with Crippen molar-refractivity contribution < 1.29 is 18.3 Å². The monoisotopic (exact) mass is 140 g/mol. The normalized spacial score (nSPS) is 17.0. The lowest BCUT2D eigenvalue weighted by Gasteiger charge is -1.69. The van der Waals surface area contributed by atoms with Gasteiger partial charge in [0.2, 0.25) is 0 Å². The molecule has 9 heavy (non-hydrogen) atoms. The largest absolute Gasteiger partial charge is 0.487 e. The first-order chi connectivity index (χ1) is 4.16. The van der Waals surface area contributed by atoms with Crippen LogP contribution in [0.5, 0.6) is 0 Å². The Morgan fingerprint density at radius 1 is 1.33 bits per heavy atom. The van der Waals surface area contributed by atoms with Crippen LogP contribution in [-0.2, 0) is 5.11 Å². The van der Waals surface area contributed by atoms with Gasteiger partial charge in [-0.3, -0.25) is 0 Å². The Balaban J connectivity index is 0.000000148. The molecular formula is C5H7F3O. The van der Waals surface area contributed by atoms with Crippen LogP contribution in [-0.4, -0.2) is 6.61 Å². The summed E-state index contributed by atoms with van der Waals surface area (Å²) >= 11 is 0. The second kappa shape index (κ2) is 4.61. The molecule has 4 heteroatoms. The fraction of sp³-hybridized carbons (Fsp3) is 0.800. The van der Waals surface area contributed by atoms with E-state index in [1.54, 1.807) is 0 Å². The summed E-state index contributed by atoms with van der Waals surface area (Å²) in [5, 5.41) is 9.69. The zero-order valence-corrected chi connectivity index (χ0v) is 4.74. The van der Waals surface area contributed by atoms with Crippen molar-refractivity contribution in [2.75, 3.05) is 6.61 Å². The van der Waals surface area contributed by atoms with Crippen LogP contribution >= 0.6 is 0 Å². The van der Waals surface area contributed by atoms with Crippen LogP contribution in [0.4, 0.5) is 13.2 Å². The van der Waals surface area contributed by atoms with Gasteiger partial charge in [0.15, 0.2) is 0 Å². The van der Waals surface area contributed by atoms with E-state index in [1.165, 1.54) is 12.8 Å². The van der Waals surface area contributed by atoms with Gasteiger partial charge in [-0.05, 0) is 18.8 Å². The van der Waals surface area contributed by atoms with Crippen molar-refractivity contribution in [2.45, 2.75) is 12.8 Å². The highest BCUT2D eigenvalue weighted by Gasteiger charge is 2.19. The second-order valence-electron chi connectivity index (χ2n) is 1.82. The summed E-state index contributed by atoms with van der Waals surface area (Å²) in [6.45, 7) is -2.92. The highest BCUT2D eigenvalue weighted by atomic mass is 19.4. The standard InChI is InChI=1S/C4H7O.CF3/c5-3-4-1-2-4;2-1(3)4/h4H,1-3H2;. The fourth-order valence-electron chi connectivity index (χ4n) is 0.285. The maximum absolute atomic E-state index is 9.69. The molecule has 0 aromatic rings. The summed E-state index contributed by atoms with van der Waals surface area (Å²) in [6, 6.07) is 0. The second-order valence-corrected chi connectivity index (χ2v) is 1.82. The van der Waals surface area contributed by atoms with Crippen LogP contribution in [0.1, 0.15) is 12.8 Å². The molecule has 0 N–H and O–H groups in total.